The van der Waals surface area contributed by atoms with Crippen molar-refractivity contribution in [3.8, 4) is 0 Å². The minimum atomic E-state index is -0.473. The lowest BCUT2D eigenvalue weighted by Gasteiger charge is -1.98. The predicted molar refractivity (Wildman–Crippen MR) is 51.1 cm³/mol. The summed E-state index contributed by atoms with van der Waals surface area (Å²) in [4.78, 5) is 11.5. The van der Waals surface area contributed by atoms with E-state index in [0.717, 1.165) is 0 Å². The molecule has 16 heavy (non-hydrogen) atoms. The Balaban J connectivity index is 1.96. The molecule has 8 nitrogen and oxygen atoms in total. The zero-order chi connectivity index (χ0) is 11.5. The quantitative estimate of drug-likeness (QED) is 0.743. The minimum absolute atomic E-state index is 0.0415. The van der Waals surface area contributed by atoms with E-state index in [1.54, 1.807) is 13.0 Å². The molecule has 0 radical (unpaired) electrons. The molecule has 0 unspecified atom stereocenters. The van der Waals surface area contributed by atoms with E-state index in [4.69, 9.17) is 10.3 Å². The fourth-order valence-electron chi connectivity index (χ4n) is 1.11. The van der Waals surface area contributed by atoms with Crippen molar-refractivity contribution >= 4 is 11.7 Å². The first kappa shape index (κ1) is 10.1. The van der Waals surface area contributed by atoms with Crippen LogP contribution in [0.2, 0.25) is 0 Å². The standard InChI is InChI=1S/C8H9N5O3/c1-4-2-5(11-15-4)3-10-8(14)6-7(9)13-16-12-6/h2H,3H2,1H3,(H2,9,13)(H,10,14). The molecule has 2 aromatic rings. The first-order valence-corrected chi connectivity index (χ1v) is 4.45. The second-order valence-corrected chi connectivity index (χ2v) is 3.11. The van der Waals surface area contributed by atoms with Gasteiger partial charge in [0.2, 0.25) is 11.5 Å². The van der Waals surface area contributed by atoms with Gasteiger partial charge in [0.05, 0.1) is 6.54 Å². The van der Waals surface area contributed by atoms with Crippen molar-refractivity contribution in [3.05, 3.63) is 23.2 Å². The molecule has 2 aromatic heterocycles. The Kier molecular flexibility index (Phi) is 2.54. The Morgan fingerprint density at radius 3 is 2.88 bits per heavy atom. The summed E-state index contributed by atoms with van der Waals surface area (Å²) in [7, 11) is 0. The molecule has 3 N–H and O–H groups in total. The van der Waals surface area contributed by atoms with Crippen LogP contribution in [0.4, 0.5) is 5.82 Å². The van der Waals surface area contributed by atoms with Crippen LogP contribution in [0, 0.1) is 6.92 Å². The number of aromatic nitrogens is 3. The average Bonchev–Trinajstić information content (AvgIpc) is 2.84. The number of anilines is 1. The summed E-state index contributed by atoms with van der Waals surface area (Å²) >= 11 is 0. The fourth-order valence-corrected chi connectivity index (χ4v) is 1.11. The summed E-state index contributed by atoms with van der Waals surface area (Å²) in [6.07, 6.45) is 0. The summed E-state index contributed by atoms with van der Waals surface area (Å²) in [6.45, 7) is 1.99. The fraction of sp³-hybridized carbons (Fsp3) is 0.250. The first-order chi connectivity index (χ1) is 7.66. The summed E-state index contributed by atoms with van der Waals surface area (Å²) in [5, 5.41) is 12.9. The molecule has 0 saturated carbocycles. The molecule has 0 fully saturated rings. The normalized spacial score (nSPS) is 10.3. The van der Waals surface area contributed by atoms with Crippen molar-refractivity contribution in [2.24, 2.45) is 0 Å². The van der Waals surface area contributed by atoms with Crippen LogP contribution in [0.1, 0.15) is 21.9 Å². The molecule has 8 heteroatoms. The van der Waals surface area contributed by atoms with Gasteiger partial charge in [-0.2, -0.15) is 0 Å². The summed E-state index contributed by atoms with van der Waals surface area (Å²) in [5.74, 6) is 0.153. The number of aryl methyl sites for hydroxylation is 1. The van der Waals surface area contributed by atoms with Crippen LogP contribution in [-0.2, 0) is 6.54 Å². The van der Waals surface area contributed by atoms with E-state index in [1.807, 2.05) is 0 Å². The van der Waals surface area contributed by atoms with E-state index in [0.29, 0.717) is 11.5 Å². The van der Waals surface area contributed by atoms with E-state index >= 15 is 0 Å². The van der Waals surface area contributed by atoms with Gasteiger partial charge < -0.3 is 15.6 Å². The number of rotatable bonds is 3. The van der Waals surface area contributed by atoms with Gasteiger partial charge in [-0.05, 0) is 17.2 Å². The molecule has 0 spiro atoms. The lowest BCUT2D eigenvalue weighted by Crippen LogP contribution is -2.24. The maximum atomic E-state index is 11.5. The van der Waals surface area contributed by atoms with E-state index in [9.17, 15) is 4.79 Å². The monoisotopic (exact) mass is 223 g/mol. The maximum Gasteiger partial charge on any atom is 0.277 e. The molecule has 1 amide bonds. The number of amides is 1. The van der Waals surface area contributed by atoms with E-state index in [-0.39, 0.29) is 18.1 Å². The Hall–Kier alpha value is -2.38. The lowest BCUT2D eigenvalue weighted by atomic mass is 10.3. The number of hydrogen-bond acceptors (Lipinski definition) is 7. The molecule has 84 valence electrons. The molecule has 0 atom stereocenters. The smallest absolute Gasteiger partial charge is 0.277 e. The second-order valence-electron chi connectivity index (χ2n) is 3.11. The number of nitrogens with one attached hydrogen (secondary N) is 1. The molecule has 0 bridgehead atoms. The highest BCUT2D eigenvalue weighted by molar-refractivity contribution is 5.95. The summed E-state index contributed by atoms with van der Waals surface area (Å²) in [6, 6.07) is 1.71. The van der Waals surface area contributed by atoms with Gasteiger partial charge in [0, 0.05) is 6.07 Å². The van der Waals surface area contributed by atoms with Crippen LogP contribution in [0.5, 0.6) is 0 Å². The number of carbonyl (C=O) groups excluding carboxylic acids is 1. The Labute approximate surface area is 89.7 Å². The number of nitrogen functional groups attached to an aromatic ring is 1. The highest BCUT2D eigenvalue weighted by Crippen LogP contribution is 2.05. The van der Waals surface area contributed by atoms with Gasteiger partial charge in [0.1, 0.15) is 11.5 Å². The van der Waals surface area contributed by atoms with Gasteiger partial charge in [-0.25, -0.2) is 4.63 Å². The van der Waals surface area contributed by atoms with Gasteiger partial charge >= 0.3 is 0 Å². The molecule has 2 heterocycles. The number of nitrogens with two attached hydrogens (primary N) is 1. The van der Waals surface area contributed by atoms with E-state index < -0.39 is 5.91 Å². The third-order valence-electron chi connectivity index (χ3n) is 1.84. The van der Waals surface area contributed by atoms with Gasteiger partial charge in [-0.3, -0.25) is 4.79 Å². The minimum Gasteiger partial charge on any atom is -0.379 e. The van der Waals surface area contributed by atoms with Crippen LogP contribution in [0.3, 0.4) is 0 Å². The topological polar surface area (TPSA) is 120 Å². The van der Waals surface area contributed by atoms with Gasteiger partial charge in [0.25, 0.3) is 5.91 Å². The third-order valence-corrected chi connectivity index (χ3v) is 1.84. The first-order valence-electron chi connectivity index (χ1n) is 4.45. The van der Waals surface area contributed by atoms with Crippen molar-refractivity contribution in [1.82, 2.24) is 20.8 Å². The van der Waals surface area contributed by atoms with Crippen molar-refractivity contribution in [3.63, 3.8) is 0 Å². The molecule has 0 saturated heterocycles. The Bertz CT molecular complexity index is 503. The lowest BCUT2D eigenvalue weighted by molar-refractivity contribution is 0.0941. The second kappa shape index (κ2) is 4.01. The zero-order valence-corrected chi connectivity index (χ0v) is 8.43. The SMILES string of the molecule is Cc1cc(CNC(=O)c2nonc2N)no1. The van der Waals surface area contributed by atoms with Crippen molar-refractivity contribution < 1.29 is 13.9 Å². The van der Waals surface area contributed by atoms with E-state index in [2.05, 4.69) is 25.4 Å². The molecular weight excluding hydrogens is 214 g/mol. The van der Waals surface area contributed by atoms with Crippen molar-refractivity contribution in [2.45, 2.75) is 13.5 Å². The maximum absolute atomic E-state index is 11.5. The highest BCUT2D eigenvalue weighted by atomic mass is 16.6. The average molecular weight is 223 g/mol. The van der Waals surface area contributed by atoms with Crippen LogP contribution >= 0.6 is 0 Å². The molecule has 2 rings (SSSR count). The van der Waals surface area contributed by atoms with Crippen LogP contribution in [0.15, 0.2) is 15.2 Å². The predicted octanol–water partition coefficient (Wildman–Crippen LogP) is -0.122. The largest absolute Gasteiger partial charge is 0.379 e. The van der Waals surface area contributed by atoms with Crippen LogP contribution in [-0.4, -0.2) is 21.4 Å². The number of carbonyl (C=O) groups is 1. The zero-order valence-electron chi connectivity index (χ0n) is 8.43. The Morgan fingerprint density at radius 1 is 1.50 bits per heavy atom. The number of hydrogen-bond donors (Lipinski definition) is 2. The van der Waals surface area contributed by atoms with Crippen LogP contribution < -0.4 is 11.1 Å². The molecule has 0 aliphatic carbocycles. The molecule has 0 aromatic carbocycles. The third kappa shape index (κ3) is 2.00. The molecule has 0 aliphatic heterocycles. The van der Waals surface area contributed by atoms with Crippen molar-refractivity contribution in [2.75, 3.05) is 5.73 Å². The van der Waals surface area contributed by atoms with Gasteiger partial charge in [0.15, 0.2) is 0 Å². The summed E-state index contributed by atoms with van der Waals surface area (Å²) < 4.78 is 9.14. The van der Waals surface area contributed by atoms with Crippen molar-refractivity contribution in [1.29, 1.82) is 0 Å². The Morgan fingerprint density at radius 2 is 2.31 bits per heavy atom. The van der Waals surface area contributed by atoms with Gasteiger partial charge in [-0.15, -0.1) is 0 Å². The number of nitrogens with zero attached hydrogens (tertiary/aromatic N) is 3. The molecular formula is C8H9N5O3. The van der Waals surface area contributed by atoms with Gasteiger partial charge in [-0.1, -0.05) is 5.16 Å². The van der Waals surface area contributed by atoms with Crippen LogP contribution in [0.25, 0.3) is 0 Å². The summed E-state index contributed by atoms with van der Waals surface area (Å²) in [5.41, 5.74) is 5.92. The van der Waals surface area contributed by atoms with E-state index in [1.165, 1.54) is 0 Å². The molecule has 0 aliphatic rings. The highest BCUT2D eigenvalue weighted by Gasteiger charge is 2.15.